The number of hydrogen-bond donors (Lipinski definition) is 0. The van der Waals surface area contributed by atoms with E-state index in [1.165, 1.54) is 6.08 Å². The number of unbranched alkanes of at least 4 members (excludes halogenated alkanes) is 1. The van der Waals surface area contributed by atoms with E-state index in [1.54, 1.807) is 0 Å². The van der Waals surface area contributed by atoms with Crippen LogP contribution in [0.4, 0.5) is 0 Å². The standard InChI is InChI=1S/C7H11NO2S/c1-2-6-11(9,10)7-4-3-5-8/h2H,1,3-4,6-7H2. The average Bonchev–Trinajstić information content (AvgIpc) is 1.87. The molecular formula is C7H11NO2S. The smallest absolute Gasteiger partial charge is 0.153 e. The van der Waals surface area contributed by atoms with Crippen molar-refractivity contribution in [1.29, 1.82) is 5.26 Å². The maximum Gasteiger partial charge on any atom is 0.153 e. The van der Waals surface area contributed by atoms with Gasteiger partial charge < -0.3 is 0 Å². The summed E-state index contributed by atoms with van der Waals surface area (Å²) in [7, 11) is -2.97. The monoisotopic (exact) mass is 173 g/mol. The van der Waals surface area contributed by atoms with Crippen LogP contribution in [0.1, 0.15) is 12.8 Å². The highest BCUT2D eigenvalue weighted by molar-refractivity contribution is 7.91. The van der Waals surface area contributed by atoms with E-state index in [9.17, 15) is 8.42 Å². The molecule has 62 valence electrons. The maximum absolute atomic E-state index is 10.9. The van der Waals surface area contributed by atoms with Crippen molar-refractivity contribution < 1.29 is 8.42 Å². The van der Waals surface area contributed by atoms with Crippen molar-refractivity contribution in [1.82, 2.24) is 0 Å². The van der Waals surface area contributed by atoms with Crippen molar-refractivity contribution in [2.24, 2.45) is 0 Å². The molecule has 4 heteroatoms. The van der Waals surface area contributed by atoms with E-state index < -0.39 is 9.84 Å². The van der Waals surface area contributed by atoms with Gasteiger partial charge in [-0.15, -0.1) is 6.58 Å². The topological polar surface area (TPSA) is 57.9 Å². The van der Waals surface area contributed by atoms with Gasteiger partial charge in [0.05, 0.1) is 17.6 Å². The number of rotatable bonds is 5. The lowest BCUT2D eigenvalue weighted by molar-refractivity contribution is 0.596. The zero-order valence-electron chi connectivity index (χ0n) is 6.28. The summed E-state index contributed by atoms with van der Waals surface area (Å²) < 4.78 is 21.8. The molecule has 0 atom stereocenters. The van der Waals surface area contributed by atoms with Crippen LogP contribution >= 0.6 is 0 Å². The Morgan fingerprint density at radius 3 is 2.64 bits per heavy atom. The molecular weight excluding hydrogens is 162 g/mol. The SMILES string of the molecule is C=CCS(=O)(=O)CCCC#N. The third-order valence-electron chi connectivity index (χ3n) is 1.12. The molecule has 0 heterocycles. The van der Waals surface area contributed by atoms with Gasteiger partial charge in [0, 0.05) is 6.42 Å². The van der Waals surface area contributed by atoms with Crippen LogP contribution in [0.5, 0.6) is 0 Å². The Balaban J connectivity index is 3.76. The number of nitriles is 1. The van der Waals surface area contributed by atoms with Crippen molar-refractivity contribution in [2.45, 2.75) is 12.8 Å². The fourth-order valence-corrected chi connectivity index (χ4v) is 1.74. The van der Waals surface area contributed by atoms with Crippen LogP contribution in [0.15, 0.2) is 12.7 Å². The second-order valence-corrected chi connectivity index (χ2v) is 4.39. The number of sulfone groups is 1. The Labute approximate surface area is 67.3 Å². The van der Waals surface area contributed by atoms with Crippen molar-refractivity contribution in [3.63, 3.8) is 0 Å². The molecule has 0 aliphatic rings. The molecule has 3 nitrogen and oxygen atoms in total. The largest absolute Gasteiger partial charge is 0.229 e. The third-order valence-corrected chi connectivity index (χ3v) is 2.77. The Morgan fingerprint density at radius 1 is 1.55 bits per heavy atom. The first kappa shape index (κ1) is 10.2. The second-order valence-electron chi connectivity index (χ2n) is 2.16. The van der Waals surface area contributed by atoms with Gasteiger partial charge in [-0.3, -0.25) is 0 Å². The highest BCUT2D eigenvalue weighted by atomic mass is 32.2. The van der Waals surface area contributed by atoms with Crippen molar-refractivity contribution >= 4 is 9.84 Å². The van der Waals surface area contributed by atoms with Crippen molar-refractivity contribution in [3.8, 4) is 6.07 Å². The molecule has 0 unspecified atom stereocenters. The summed E-state index contributed by atoms with van der Waals surface area (Å²) in [6.45, 7) is 3.33. The van der Waals surface area contributed by atoms with Crippen LogP contribution < -0.4 is 0 Å². The molecule has 0 saturated carbocycles. The zero-order valence-corrected chi connectivity index (χ0v) is 7.10. The minimum atomic E-state index is -2.97. The van der Waals surface area contributed by atoms with E-state index in [-0.39, 0.29) is 11.5 Å². The second kappa shape index (κ2) is 4.91. The van der Waals surface area contributed by atoms with Gasteiger partial charge in [0.15, 0.2) is 9.84 Å². The van der Waals surface area contributed by atoms with Crippen LogP contribution in [0.2, 0.25) is 0 Å². The van der Waals surface area contributed by atoms with E-state index in [0.29, 0.717) is 12.8 Å². The first-order chi connectivity index (χ1) is 5.12. The van der Waals surface area contributed by atoms with Gasteiger partial charge in [-0.1, -0.05) is 6.08 Å². The fraction of sp³-hybridized carbons (Fsp3) is 0.571. The summed E-state index contributed by atoms with van der Waals surface area (Å²) in [6, 6.07) is 1.89. The van der Waals surface area contributed by atoms with E-state index in [1.807, 2.05) is 6.07 Å². The molecule has 0 fully saturated rings. The van der Waals surface area contributed by atoms with Crippen LogP contribution in [0, 0.1) is 11.3 Å². The van der Waals surface area contributed by atoms with Gasteiger partial charge in [0.2, 0.25) is 0 Å². The molecule has 0 saturated heterocycles. The van der Waals surface area contributed by atoms with Gasteiger partial charge in [-0.05, 0) is 6.42 Å². The molecule has 0 N–H and O–H groups in total. The summed E-state index contributed by atoms with van der Waals surface area (Å²) in [6.07, 6.45) is 2.09. The lowest BCUT2D eigenvalue weighted by atomic mass is 10.4. The molecule has 0 radical (unpaired) electrons. The predicted molar refractivity (Wildman–Crippen MR) is 43.7 cm³/mol. The zero-order chi connectivity index (χ0) is 8.74. The number of hydrogen-bond acceptors (Lipinski definition) is 3. The van der Waals surface area contributed by atoms with E-state index in [2.05, 4.69) is 6.58 Å². The summed E-state index contributed by atoms with van der Waals surface area (Å²) in [4.78, 5) is 0. The molecule has 0 amide bonds. The molecule has 11 heavy (non-hydrogen) atoms. The van der Waals surface area contributed by atoms with E-state index in [0.717, 1.165) is 0 Å². The summed E-state index contributed by atoms with van der Waals surface area (Å²) >= 11 is 0. The summed E-state index contributed by atoms with van der Waals surface area (Å²) in [5.74, 6) is 0.102. The summed E-state index contributed by atoms with van der Waals surface area (Å²) in [5.41, 5.74) is 0. The quantitative estimate of drug-likeness (QED) is 0.458. The molecule has 0 aromatic heterocycles. The first-order valence-corrected chi connectivity index (χ1v) is 5.13. The van der Waals surface area contributed by atoms with Gasteiger partial charge in [0.25, 0.3) is 0 Å². The van der Waals surface area contributed by atoms with Gasteiger partial charge in [-0.25, -0.2) is 8.42 Å². The Bertz CT molecular complexity index is 248. The van der Waals surface area contributed by atoms with Crippen molar-refractivity contribution in [2.75, 3.05) is 11.5 Å². The highest BCUT2D eigenvalue weighted by Gasteiger charge is 2.06. The molecule has 0 aromatic carbocycles. The van der Waals surface area contributed by atoms with Crippen LogP contribution in [0.3, 0.4) is 0 Å². The molecule has 0 aromatic rings. The molecule has 0 bridgehead atoms. The van der Waals surface area contributed by atoms with Crippen LogP contribution in [0.25, 0.3) is 0 Å². The van der Waals surface area contributed by atoms with Gasteiger partial charge in [-0.2, -0.15) is 5.26 Å². The molecule has 0 aliphatic heterocycles. The lowest BCUT2D eigenvalue weighted by Crippen LogP contribution is -2.08. The van der Waals surface area contributed by atoms with Gasteiger partial charge >= 0.3 is 0 Å². The Morgan fingerprint density at radius 2 is 2.18 bits per heavy atom. The maximum atomic E-state index is 10.9. The molecule has 0 rings (SSSR count). The van der Waals surface area contributed by atoms with E-state index >= 15 is 0 Å². The van der Waals surface area contributed by atoms with Crippen molar-refractivity contribution in [3.05, 3.63) is 12.7 Å². The first-order valence-electron chi connectivity index (χ1n) is 3.30. The fourth-order valence-electron chi connectivity index (χ4n) is 0.634. The highest BCUT2D eigenvalue weighted by Crippen LogP contribution is 1.96. The van der Waals surface area contributed by atoms with E-state index in [4.69, 9.17) is 5.26 Å². The Hall–Kier alpha value is -0.820. The normalized spacial score (nSPS) is 10.5. The predicted octanol–water partition coefficient (Wildman–Crippen LogP) is 0.891. The number of nitrogens with zero attached hydrogens (tertiary/aromatic N) is 1. The average molecular weight is 173 g/mol. The van der Waals surface area contributed by atoms with Crippen LogP contribution in [-0.2, 0) is 9.84 Å². The third kappa shape index (κ3) is 5.62. The van der Waals surface area contributed by atoms with Crippen LogP contribution in [-0.4, -0.2) is 19.9 Å². The molecule has 0 spiro atoms. The lowest BCUT2D eigenvalue weighted by Gasteiger charge is -1.96. The van der Waals surface area contributed by atoms with Gasteiger partial charge in [0.1, 0.15) is 0 Å². The minimum Gasteiger partial charge on any atom is -0.229 e. The summed E-state index contributed by atoms with van der Waals surface area (Å²) in [5, 5.41) is 8.13. The Kier molecular flexibility index (Phi) is 4.55. The molecule has 0 aliphatic carbocycles. The minimum absolute atomic E-state index is 0.0123.